The van der Waals surface area contributed by atoms with Crippen molar-refractivity contribution < 1.29 is 19.7 Å². The van der Waals surface area contributed by atoms with E-state index in [1.54, 1.807) is 13.0 Å². The minimum Gasteiger partial charge on any atom is -0.508 e. The molecule has 2 aromatic rings. The van der Waals surface area contributed by atoms with E-state index < -0.39 is 5.97 Å². The quantitative estimate of drug-likeness (QED) is 0.844. The van der Waals surface area contributed by atoms with Crippen molar-refractivity contribution in [3.63, 3.8) is 0 Å². The Hall–Kier alpha value is -2.75. The first-order valence-electron chi connectivity index (χ1n) is 6.43. The molecule has 0 aliphatic carbocycles. The van der Waals surface area contributed by atoms with Crippen molar-refractivity contribution in [1.82, 2.24) is 0 Å². The van der Waals surface area contributed by atoms with Crippen LogP contribution in [0.5, 0.6) is 11.5 Å². The number of esters is 1. The van der Waals surface area contributed by atoms with E-state index in [1.807, 2.05) is 24.3 Å². The van der Waals surface area contributed by atoms with Gasteiger partial charge in [0.25, 0.3) is 0 Å². The van der Waals surface area contributed by atoms with Gasteiger partial charge in [-0.1, -0.05) is 36.9 Å². The molecular formula is C17H16O4. The van der Waals surface area contributed by atoms with Crippen molar-refractivity contribution in [2.45, 2.75) is 13.5 Å². The van der Waals surface area contributed by atoms with Crippen molar-refractivity contribution in [2.24, 2.45) is 0 Å². The molecule has 0 bridgehead atoms. The van der Waals surface area contributed by atoms with E-state index in [0.717, 1.165) is 17.2 Å². The Kier molecular flexibility index (Phi) is 4.28. The van der Waals surface area contributed by atoms with Crippen LogP contribution in [0.1, 0.15) is 27.0 Å². The number of hydrogen-bond acceptors (Lipinski definition) is 4. The molecule has 2 aromatic carbocycles. The molecule has 2 rings (SSSR count). The molecule has 0 radical (unpaired) electrons. The predicted molar refractivity (Wildman–Crippen MR) is 80.2 cm³/mol. The Labute approximate surface area is 122 Å². The van der Waals surface area contributed by atoms with E-state index in [1.165, 1.54) is 6.07 Å². The first-order valence-corrected chi connectivity index (χ1v) is 6.43. The summed E-state index contributed by atoms with van der Waals surface area (Å²) in [7, 11) is 0. The van der Waals surface area contributed by atoms with Crippen molar-refractivity contribution >= 4 is 12.0 Å². The summed E-state index contributed by atoms with van der Waals surface area (Å²) in [6, 6.07) is 9.95. The van der Waals surface area contributed by atoms with Crippen molar-refractivity contribution in [3.05, 3.63) is 65.2 Å². The lowest BCUT2D eigenvalue weighted by Gasteiger charge is -2.10. The molecule has 0 heterocycles. The molecule has 0 unspecified atom stereocenters. The van der Waals surface area contributed by atoms with Gasteiger partial charge in [-0.05, 0) is 29.7 Å². The van der Waals surface area contributed by atoms with Crippen LogP contribution in [0, 0.1) is 6.92 Å². The highest BCUT2D eigenvalue weighted by atomic mass is 16.5. The Bertz CT molecular complexity index is 689. The monoisotopic (exact) mass is 284 g/mol. The average Bonchev–Trinajstić information content (AvgIpc) is 2.48. The van der Waals surface area contributed by atoms with Gasteiger partial charge >= 0.3 is 5.97 Å². The lowest BCUT2D eigenvalue weighted by Crippen LogP contribution is -2.06. The smallest absolute Gasteiger partial charge is 0.342 e. The second kappa shape index (κ2) is 6.13. The molecule has 0 aromatic heterocycles. The third kappa shape index (κ3) is 3.23. The van der Waals surface area contributed by atoms with Gasteiger partial charge in [0.2, 0.25) is 0 Å². The number of carbonyl (C=O) groups excluding carboxylic acids is 1. The Morgan fingerprint density at radius 3 is 2.67 bits per heavy atom. The summed E-state index contributed by atoms with van der Waals surface area (Å²) in [5, 5.41) is 19.2. The highest BCUT2D eigenvalue weighted by Crippen LogP contribution is 2.27. The maximum atomic E-state index is 12.0. The van der Waals surface area contributed by atoms with Crippen molar-refractivity contribution in [3.8, 4) is 11.5 Å². The van der Waals surface area contributed by atoms with Gasteiger partial charge in [-0.3, -0.25) is 0 Å². The van der Waals surface area contributed by atoms with Crippen molar-refractivity contribution in [2.75, 3.05) is 0 Å². The van der Waals surface area contributed by atoms with E-state index in [0.29, 0.717) is 5.56 Å². The number of benzene rings is 2. The van der Waals surface area contributed by atoms with Crippen LogP contribution in [-0.4, -0.2) is 16.2 Å². The summed E-state index contributed by atoms with van der Waals surface area (Å²) in [5.74, 6) is -1.02. The number of phenols is 2. The van der Waals surface area contributed by atoms with Gasteiger partial charge in [0.1, 0.15) is 23.7 Å². The molecule has 0 atom stereocenters. The molecule has 0 fully saturated rings. The summed E-state index contributed by atoms with van der Waals surface area (Å²) in [6.45, 7) is 5.43. The molecule has 0 aliphatic rings. The summed E-state index contributed by atoms with van der Waals surface area (Å²) < 4.78 is 5.20. The lowest BCUT2D eigenvalue weighted by atomic mass is 10.1. The van der Waals surface area contributed by atoms with Crippen LogP contribution in [0.2, 0.25) is 0 Å². The molecule has 0 aliphatic heterocycles. The molecule has 0 spiro atoms. The van der Waals surface area contributed by atoms with Crippen molar-refractivity contribution in [1.29, 1.82) is 0 Å². The standard InChI is InChI=1S/C17H16O4/c1-3-12-6-4-5-7-13(12)10-21-17(20)14-8-11(2)15(18)9-16(14)19/h3-9,18-19H,1,10H2,2H3. The first kappa shape index (κ1) is 14.7. The summed E-state index contributed by atoms with van der Waals surface area (Å²) >= 11 is 0. The summed E-state index contributed by atoms with van der Waals surface area (Å²) in [4.78, 5) is 12.0. The predicted octanol–water partition coefficient (Wildman–Crippen LogP) is 3.41. The zero-order chi connectivity index (χ0) is 15.4. The van der Waals surface area contributed by atoms with E-state index in [9.17, 15) is 15.0 Å². The summed E-state index contributed by atoms with van der Waals surface area (Å²) in [5.41, 5.74) is 2.24. The van der Waals surface area contributed by atoms with E-state index in [4.69, 9.17) is 4.74 Å². The fraction of sp³-hybridized carbons (Fsp3) is 0.118. The zero-order valence-electron chi connectivity index (χ0n) is 11.7. The normalized spacial score (nSPS) is 10.1. The van der Waals surface area contributed by atoms with Crippen LogP contribution in [0.15, 0.2) is 43.0 Å². The fourth-order valence-electron chi connectivity index (χ4n) is 1.93. The van der Waals surface area contributed by atoms with Crippen LogP contribution in [0.25, 0.3) is 6.08 Å². The van der Waals surface area contributed by atoms with Gasteiger partial charge in [0.15, 0.2) is 0 Å². The van der Waals surface area contributed by atoms with Gasteiger partial charge in [0.05, 0.1) is 0 Å². The third-order valence-electron chi connectivity index (χ3n) is 3.17. The highest BCUT2D eigenvalue weighted by molar-refractivity contribution is 5.93. The number of aryl methyl sites for hydroxylation is 1. The fourth-order valence-corrected chi connectivity index (χ4v) is 1.93. The van der Waals surface area contributed by atoms with Gasteiger partial charge in [0, 0.05) is 6.07 Å². The van der Waals surface area contributed by atoms with E-state index >= 15 is 0 Å². The Morgan fingerprint density at radius 2 is 1.95 bits per heavy atom. The number of carbonyl (C=O) groups is 1. The largest absolute Gasteiger partial charge is 0.508 e. The number of aromatic hydroxyl groups is 2. The van der Waals surface area contributed by atoms with E-state index in [2.05, 4.69) is 6.58 Å². The van der Waals surface area contributed by atoms with Crippen LogP contribution in [0.3, 0.4) is 0 Å². The van der Waals surface area contributed by atoms with E-state index in [-0.39, 0.29) is 23.7 Å². The maximum absolute atomic E-state index is 12.0. The summed E-state index contributed by atoms with van der Waals surface area (Å²) in [6.07, 6.45) is 1.69. The zero-order valence-corrected chi connectivity index (χ0v) is 11.7. The van der Waals surface area contributed by atoms with Crippen LogP contribution < -0.4 is 0 Å². The molecule has 0 saturated heterocycles. The van der Waals surface area contributed by atoms with Gasteiger partial charge in [-0.2, -0.15) is 0 Å². The Balaban J connectivity index is 2.16. The number of ether oxygens (including phenoxy) is 1. The van der Waals surface area contributed by atoms with Crippen LogP contribution in [0.4, 0.5) is 0 Å². The Morgan fingerprint density at radius 1 is 1.24 bits per heavy atom. The number of phenolic OH excluding ortho intramolecular Hbond substituents is 2. The highest BCUT2D eigenvalue weighted by Gasteiger charge is 2.15. The minimum absolute atomic E-state index is 0.0291. The average molecular weight is 284 g/mol. The molecule has 4 nitrogen and oxygen atoms in total. The molecule has 0 amide bonds. The van der Waals surface area contributed by atoms with Gasteiger partial charge in [-0.15, -0.1) is 0 Å². The topological polar surface area (TPSA) is 66.8 Å². The second-order valence-corrected chi connectivity index (χ2v) is 4.63. The molecule has 108 valence electrons. The lowest BCUT2D eigenvalue weighted by molar-refractivity contribution is 0.0469. The molecule has 21 heavy (non-hydrogen) atoms. The van der Waals surface area contributed by atoms with Gasteiger partial charge in [-0.25, -0.2) is 4.79 Å². The molecule has 2 N–H and O–H groups in total. The number of rotatable bonds is 4. The molecule has 4 heteroatoms. The van der Waals surface area contributed by atoms with Crippen LogP contribution in [-0.2, 0) is 11.3 Å². The number of hydrogen-bond donors (Lipinski definition) is 2. The van der Waals surface area contributed by atoms with Gasteiger partial charge < -0.3 is 14.9 Å². The SMILES string of the molecule is C=Cc1ccccc1COC(=O)c1cc(C)c(O)cc1O. The second-order valence-electron chi connectivity index (χ2n) is 4.63. The van der Waals surface area contributed by atoms with Crippen LogP contribution >= 0.6 is 0 Å². The molecule has 0 saturated carbocycles. The third-order valence-corrected chi connectivity index (χ3v) is 3.17. The maximum Gasteiger partial charge on any atom is 0.342 e. The first-order chi connectivity index (χ1) is 10.0. The molecular weight excluding hydrogens is 268 g/mol. The minimum atomic E-state index is -0.644.